The van der Waals surface area contributed by atoms with Crippen LogP contribution < -0.4 is 9.64 Å². The van der Waals surface area contributed by atoms with E-state index in [1.165, 1.54) is 5.69 Å². The minimum Gasteiger partial charge on any atom is -0.494 e. The number of nitrogens with one attached hydrogen (secondary N) is 2. The molecule has 0 aliphatic carbocycles. The van der Waals surface area contributed by atoms with E-state index in [1.807, 2.05) is 37.3 Å². The fourth-order valence-corrected chi connectivity index (χ4v) is 5.04. The van der Waals surface area contributed by atoms with Crippen LogP contribution in [0, 0.1) is 0 Å². The smallest absolute Gasteiger partial charge is 0.305 e. The number of ether oxygens (including phenoxy) is 2. The summed E-state index contributed by atoms with van der Waals surface area (Å²) >= 11 is 0. The van der Waals surface area contributed by atoms with Crippen molar-refractivity contribution in [3.63, 3.8) is 0 Å². The summed E-state index contributed by atoms with van der Waals surface area (Å²) < 4.78 is 10.7. The van der Waals surface area contributed by atoms with Crippen LogP contribution in [0.2, 0.25) is 0 Å². The Labute approximate surface area is 233 Å². The number of imidazole rings is 2. The molecule has 40 heavy (non-hydrogen) atoms. The van der Waals surface area contributed by atoms with Crippen molar-refractivity contribution in [2.45, 2.75) is 19.8 Å². The van der Waals surface area contributed by atoms with Crippen LogP contribution >= 0.6 is 0 Å². The number of hydrogen-bond donors (Lipinski definition) is 2. The molecule has 3 aromatic carbocycles. The van der Waals surface area contributed by atoms with E-state index >= 15 is 0 Å². The Balaban J connectivity index is 1.14. The number of anilines is 1. The lowest BCUT2D eigenvalue weighted by Gasteiger charge is -2.34. The van der Waals surface area contributed by atoms with Crippen LogP contribution in [0.1, 0.15) is 19.8 Å². The van der Waals surface area contributed by atoms with Crippen LogP contribution in [0.5, 0.6) is 5.75 Å². The maximum absolute atomic E-state index is 11.5. The summed E-state index contributed by atoms with van der Waals surface area (Å²) in [6.45, 7) is 6.90. The van der Waals surface area contributed by atoms with Crippen molar-refractivity contribution in [3.8, 4) is 28.5 Å². The van der Waals surface area contributed by atoms with Crippen LogP contribution in [0.4, 0.5) is 5.69 Å². The second-order valence-corrected chi connectivity index (χ2v) is 10.2. The zero-order chi connectivity index (χ0) is 27.5. The molecule has 3 heterocycles. The summed E-state index contributed by atoms with van der Waals surface area (Å²) in [6.07, 6.45) is 0.980. The molecule has 0 atom stereocenters. The Morgan fingerprint density at radius 3 is 2.23 bits per heavy atom. The first-order valence-electron chi connectivity index (χ1n) is 13.9. The number of likely N-dealkylation sites (N-methyl/N-ethyl adjacent to an activating group) is 1. The first-order chi connectivity index (χ1) is 19.6. The number of carbonyl (C=O) groups is 1. The largest absolute Gasteiger partial charge is 0.494 e. The first-order valence-corrected chi connectivity index (χ1v) is 13.9. The number of aromatic nitrogens is 4. The van der Waals surface area contributed by atoms with Gasteiger partial charge in [0.05, 0.1) is 35.3 Å². The molecule has 1 fully saturated rings. The number of H-pyrrole nitrogens is 2. The third kappa shape index (κ3) is 5.65. The van der Waals surface area contributed by atoms with Gasteiger partial charge in [-0.25, -0.2) is 9.97 Å². The van der Waals surface area contributed by atoms with Crippen LogP contribution in [-0.2, 0) is 9.53 Å². The van der Waals surface area contributed by atoms with Crippen LogP contribution in [0.3, 0.4) is 0 Å². The van der Waals surface area contributed by atoms with Crippen LogP contribution in [-0.4, -0.2) is 77.2 Å². The Morgan fingerprint density at radius 2 is 1.50 bits per heavy atom. The summed E-state index contributed by atoms with van der Waals surface area (Å²) in [7, 11) is 2.17. The zero-order valence-electron chi connectivity index (χ0n) is 22.9. The summed E-state index contributed by atoms with van der Waals surface area (Å²) in [5.41, 5.74) is 7.05. The normalized spacial score (nSPS) is 14.2. The van der Waals surface area contributed by atoms with Gasteiger partial charge in [-0.15, -0.1) is 0 Å². The predicted octanol–water partition coefficient (Wildman–Crippen LogP) is 5.25. The number of rotatable bonds is 9. The van der Waals surface area contributed by atoms with Crippen molar-refractivity contribution in [3.05, 3.63) is 60.7 Å². The zero-order valence-corrected chi connectivity index (χ0v) is 22.9. The van der Waals surface area contributed by atoms with E-state index in [0.29, 0.717) is 26.1 Å². The van der Waals surface area contributed by atoms with E-state index in [1.54, 1.807) is 0 Å². The van der Waals surface area contributed by atoms with Crippen molar-refractivity contribution in [1.82, 2.24) is 24.8 Å². The Hall–Kier alpha value is -4.37. The number of benzene rings is 3. The SMILES string of the molecule is CCOC(=O)CCCOc1ccc(-c2nc3ccc(-c4nc5ccc(N6CCN(C)CC6)cc5[nH]4)cc3[nH]2)cc1. The fraction of sp³-hybridized carbons (Fsp3) is 0.323. The van der Waals surface area contributed by atoms with Gasteiger partial charge in [-0.1, -0.05) is 0 Å². The Kier molecular flexibility index (Phi) is 7.37. The molecule has 2 aromatic heterocycles. The summed E-state index contributed by atoms with van der Waals surface area (Å²) in [5, 5.41) is 0. The minimum absolute atomic E-state index is 0.190. The van der Waals surface area contributed by atoms with Crippen LogP contribution in [0.15, 0.2) is 60.7 Å². The first kappa shape index (κ1) is 25.9. The van der Waals surface area contributed by atoms with Gasteiger partial charge in [0.1, 0.15) is 17.4 Å². The molecule has 9 heteroatoms. The highest BCUT2D eigenvalue weighted by Crippen LogP contribution is 2.29. The lowest BCUT2D eigenvalue weighted by Crippen LogP contribution is -2.44. The highest BCUT2D eigenvalue weighted by Gasteiger charge is 2.16. The van der Waals surface area contributed by atoms with E-state index in [0.717, 1.165) is 76.8 Å². The number of aromatic amines is 2. The third-order valence-electron chi connectivity index (χ3n) is 7.32. The van der Waals surface area contributed by atoms with Gasteiger partial charge in [0.25, 0.3) is 0 Å². The van der Waals surface area contributed by atoms with Crippen molar-refractivity contribution < 1.29 is 14.3 Å². The molecular weight excluding hydrogens is 504 g/mol. The molecule has 0 saturated carbocycles. The molecule has 2 N–H and O–H groups in total. The van der Waals surface area contributed by atoms with E-state index < -0.39 is 0 Å². The second-order valence-electron chi connectivity index (χ2n) is 10.2. The van der Waals surface area contributed by atoms with Gasteiger partial charge in [0, 0.05) is 49.4 Å². The maximum atomic E-state index is 11.5. The third-order valence-corrected chi connectivity index (χ3v) is 7.32. The summed E-state index contributed by atoms with van der Waals surface area (Å²) in [4.78, 5) is 32.9. The van der Waals surface area contributed by atoms with Crippen molar-refractivity contribution in [2.24, 2.45) is 0 Å². The van der Waals surface area contributed by atoms with Crippen molar-refractivity contribution in [1.29, 1.82) is 0 Å². The maximum Gasteiger partial charge on any atom is 0.305 e. The molecule has 9 nitrogen and oxygen atoms in total. The number of nitrogens with zero attached hydrogens (tertiary/aromatic N) is 4. The van der Waals surface area contributed by atoms with Gasteiger partial charge in [0.2, 0.25) is 0 Å². The lowest BCUT2D eigenvalue weighted by atomic mass is 10.2. The van der Waals surface area contributed by atoms with Crippen molar-refractivity contribution >= 4 is 33.7 Å². The number of fused-ring (bicyclic) bond motifs is 2. The van der Waals surface area contributed by atoms with E-state index in [-0.39, 0.29) is 5.97 Å². The average molecular weight is 539 g/mol. The standard InChI is InChI=1S/C31H34N6O3/c1-3-39-29(38)5-4-18-40-24-10-6-21(7-11-24)30-32-25-12-8-22(19-27(25)34-30)31-33-26-13-9-23(20-28(26)35-31)37-16-14-36(2)15-17-37/h6-13,19-20H,3-5,14-18H2,1-2H3,(H,32,34)(H,33,35). The monoisotopic (exact) mass is 538 g/mol. The fourth-order valence-electron chi connectivity index (χ4n) is 5.04. The van der Waals surface area contributed by atoms with Gasteiger partial charge in [-0.05, 0) is 81.1 Å². The second kappa shape index (κ2) is 11.4. The molecule has 1 aliphatic rings. The number of piperazine rings is 1. The summed E-state index contributed by atoms with van der Waals surface area (Å²) in [6, 6.07) is 20.4. The van der Waals surface area contributed by atoms with E-state index in [4.69, 9.17) is 19.4 Å². The highest BCUT2D eigenvalue weighted by molar-refractivity contribution is 5.87. The van der Waals surface area contributed by atoms with Crippen molar-refractivity contribution in [2.75, 3.05) is 51.3 Å². The quantitative estimate of drug-likeness (QED) is 0.195. The minimum atomic E-state index is -0.190. The molecule has 1 aliphatic heterocycles. The van der Waals surface area contributed by atoms with Gasteiger partial charge in [-0.2, -0.15) is 0 Å². The topological polar surface area (TPSA) is 99.4 Å². The Bertz CT molecular complexity index is 1620. The van der Waals surface area contributed by atoms with E-state index in [9.17, 15) is 4.79 Å². The molecule has 0 bridgehead atoms. The van der Waals surface area contributed by atoms with Gasteiger partial charge >= 0.3 is 5.97 Å². The molecule has 1 saturated heterocycles. The highest BCUT2D eigenvalue weighted by atomic mass is 16.5. The summed E-state index contributed by atoms with van der Waals surface area (Å²) in [5.74, 6) is 2.20. The van der Waals surface area contributed by atoms with Gasteiger partial charge < -0.3 is 29.2 Å². The Morgan fingerprint density at radius 1 is 0.850 bits per heavy atom. The predicted molar refractivity (Wildman–Crippen MR) is 158 cm³/mol. The number of carbonyl (C=O) groups excluding carboxylic acids is 1. The van der Waals surface area contributed by atoms with Gasteiger partial charge in [-0.3, -0.25) is 4.79 Å². The molecular formula is C31H34N6O3. The molecule has 0 radical (unpaired) electrons. The van der Waals surface area contributed by atoms with Crippen LogP contribution in [0.25, 0.3) is 44.8 Å². The molecule has 6 rings (SSSR count). The van der Waals surface area contributed by atoms with Gasteiger partial charge in [0.15, 0.2) is 0 Å². The van der Waals surface area contributed by atoms with E-state index in [2.05, 4.69) is 57.1 Å². The number of esters is 1. The number of hydrogen-bond acceptors (Lipinski definition) is 7. The molecule has 5 aromatic rings. The molecule has 0 spiro atoms. The molecule has 0 amide bonds. The average Bonchev–Trinajstić information content (AvgIpc) is 3.60. The molecule has 0 unspecified atom stereocenters. The molecule has 206 valence electrons. The lowest BCUT2D eigenvalue weighted by molar-refractivity contribution is -0.143.